The fourth-order valence-electron chi connectivity index (χ4n) is 3.23. The van der Waals surface area contributed by atoms with Gasteiger partial charge in [-0.2, -0.15) is 5.10 Å². The van der Waals surface area contributed by atoms with Crippen molar-refractivity contribution in [2.75, 3.05) is 6.54 Å². The fraction of sp³-hybridized carbons (Fsp3) is 0.533. The summed E-state index contributed by atoms with van der Waals surface area (Å²) in [5, 5.41) is 7.10. The first-order chi connectivity index (χ1) is 10.5. The lowest BCUT2D eigenvalue weighted by molar-refractivity contribution is 0.0729. The first-order valence-electron chi connectivity index (χ1n) is 7.48. The van der Waals surface area contributed by atoms with Crippen molar-refractivity contribution in [2.24, 2.45) is 12.8 Å². The van der Waals surface area contributed by atoms with E-state index in [0.29, 0.717) is 12.2 Å². The van der Waals surface area contributed by atoms with Gasteiger partial charge in [-0.25, -0.2) is 4.98 Å². The molecule has 0 saturated carbocycles. The Morgan fingerprint density at radius 3 is 2.86 bits per heavy atom. The van der Waals surface area contributed by atoms with E-state index in [1.807, 2.05) is 28.9 Å². The minimum atomic E-state index is 0.00102. The molecule has 0 aliphatic carbocycles. The SMILES string of the molecule is Cc1nn(C)c(C)c1C1CCCN1C(=O)c1csc(CN)n1. The standard InChI is InChI=1S/C15H21N5OS/c1-9-14(10(2)19(3)18-9)12-5-4-6-20(12)15(21)11-8-22-13(7-16)17-11/h8,12H,4-7,16H2,1-3H3. The van der Waals surface area contributed by atoms with Crippen molar-refractivity contribution in [3.63, 3.8) is 0 Å². The van der Waals surface area contributed by atoms with Gasteiger partial charge in [-0.1, -0.05) is 0 Å². The number of likely N-dealkylation sites (tertiary alicyclic amines) is 1. The molecule has 2 N–H and O–H groups in total. The molecule has 0 aromatic carbocycles. The number of hydrogen-bond acceptors (Lipinski definition) is 5. The Balaban J connectivity index is 1.91. The number of carbonyl (C=O) groups excluding carboxylic acids is 1. The lowest BCUT2D eigenvalue weighted by atomic mass is 10.0. The monoisotopic (exact) mass is 319 g/mol. The summed E-state index contributed by atoms with van der Waals surface area (Å²) in [4.78, 5) is 19.1. The molecular weight excluding hydrogens is 298 g/mol. The first-order valence-corrected chi connectivity index (χ1v) is 8.36. The molecule has 2 aromatic heterocycles. The lowest BCUT2D eigenvalue weighted by Crippen LogP contribution is -2.31. The molecular formula is C15H21N5OS. The highest BCUT2D eigenvalue weighted by atomic mass is 32.1. The Morgan fingerprint density at radius 2 is 2.27 bits per heavy atom. The van der Waals surface area contributed by atoms with Crippen LogP contribution in [0.1, 0.15) is 51.3 Å². The third kappa shape index (κ3) is 2.44. The molecule has 0 bridgehead atoms. The second-order valence-electron chi connectivity index (χ2n) is 5.70. The topological polar surface area (TPSA) is 77.0 Å². The number of rotatable bonds is 3. The van der Waals surface area contributed by atoms with E-state index in [0.717, 1.165) is 35.8 Å². The molecule has 1 amide bonds. The van der Waals surface area contributed by atoms with Gasteiger partial charge < -0.3 is 10.6 Å². The fourth-order valence-corrected chi connectivity index (χ4v) is 3.88. The number of nitrogens with zero attached hydrogens (tertiary/aromatic N) is 4. The number of aryl methyl sites for hydroxylation is 2. The summed E-state index contributed by atoms with van der Waals surface area (Å²) >= 11 is 1.44. The number of nitrogens with two attached hydrogens (primary N) is 1. The van der Waals surface area contributed by atoms with Gasteiger partial charge >= 0.3 is 0 Å². The third-order valence-electron chi connectivity index (χ3n) is 4.36. The van der Waals surface area contributed by atoms with Crippen molar-refractivity contribution in [1.82, 2.24) is 19.7 Å². The molecule has 1 aliphatic heterocycles. The predicted octanol–water partition coefficient (Wildman–Crippen LogP) is 1.93. The number of aromatic nitrogens is 3. The van der Waals surface area contributed by atoms with Crippen molar-refractivity contribution in [3.8, 4) is 0 Å². The highest BCUT2D eigenvalue weighted by Gasteiger charge is 2.34. The summed E-state index contributed by atoms with van der Waals surface area (Å²) in [6.45, 7) is 5.22. The molecule has 3 heterocycles. The second-order valence-corrected chi connectivity index (χ2v) is 6.64. The maximum Gasteiger partial charge on any atom is 0.273 e. The molecule has 0 radical (unpaired) electrons. The number of carbonyl (C=O) groups is 1. The van der Waals surface area contributed by atoms with Gasteiger partial charge in [-0.05, 0) is 26.7 Å². The average Bonchev–Trinajstić information content (AvgIpc) is 3.19. The summed E-state index contributed by atoms with van der Waals surface area (Å²) < 4.78 is 1.89. The van der Waals surface area contributed by atoms with Crippen molar-refractivity contribution < 1.29 is 4.79 Å². The molecule has 22 heavy (non-hydrogen) atoms. The summed E-state index contributed by atoms with van der Waals surface area (Å²) in [5.41, 5.74) is 9.42. The van der Waals surface area contributed by atoms with Gasteiger partial charge in [0.15, 0.2) is 0 Å². The van der Waals surface area contributed by atoms with Crippen molar-refractivity contribution in [1.29, 1.82) is 0 Å². The van der Waals surface area contributed by atoms with Crippen LogP contribution in [-0.4, -0.2) is 32.1 Å². The average molecular weight is 319 g/mol. The summed E-state index contributed by atoms with van der Waals surface area (Å²) in [7, 11) is 1.95. The Labute approximate surface area is 133 Å². The van der Waals surface area contributed by atoms with E-state index in [1.165, 1.54) is 16.9 Å². The summed E-state index contributed by atoms with van der Waals surface area (Å²) in [5.74, 6) is 0.00102. The van der Waals surface area contributed by atoms with Crippen LogP contribution in [-0.2, 0) is 13.6 Å². The van der Waals surface area contributed by atoms with Crippen LogP contribution in [0, 0.1) is 13.8 Å². The summed E-state index contributed by atoms with van der Waals surface area (Å²) in [6, 6.07) is 0.101. The van der Waals surface area contributed by atoms with E-state index in [1.54, 1.807) is 0 Å². The van der Waals surface area contributed by atoms with Gasteiger partial charge in [-0.3, -0.25) is 9.48 Å². The Bertz CT molecular complexity index is 705. The third-order valence-corrected chi connectivity index (χ3v) is 5.23. The zero-order valence-electron chi connectivity index (χ0n) is 13.2. The predicted molar refractivity (Wildman–Crippen MR) is 85.7 cm³/mol. The molecule has 1 saturated heterocycles. The Kier molecular flexibility index (Phi) is 4.01. The van der Waals surface area contributed by atoms with E-state index < -0.39 is 0 Å². The largest absolute Gasteiger partial charge is 0.330 e. The molecule has 118 valence electrons. The minimum Gasteiger partial charge on any atom is -0.330 e. The zero-order valence-corrected chi connectivity index (χ0v) is 14.0. The van der Waals surface area contributed by atoms with Crippen LogP contribution >= 0.6 is 11.3 Å². The molecule has 0 spiro atoms. The Morgan fingerprint density at radius 1 is 1.50 bits per heavy atom. The molecule has 1 fully saturated rings. The van der Waals surface area contributed by atoms with Crippen LogP contribution in [0.5, 0.6) is 0 Å². The minimum absolute atomic E-state index is 0.00102. The second kappa shape index (κ2) is 5.81. The molecule has 3 rings (SSSR count). The number of amides is 1. The van der Waals surface area contributed by atoms with Crippen LogP contribution in [0.3, 0.4) is 0 Å². The number of hydrogen-bond donors (Lipinski definition) is 1. The molecule has 1 aliphatic rings. The van der Waals surface area contributed by atoms with E-state index in [2.05, 4.69) is 17.0 Å². The van der Waals surface area contributed by atoms with Crippen molar-refractivity contribution in [2.45, 2.75) is 39.3 Å². The van der Waals surface area contributed by atoms with Crippen molar-refractivity contribution >= 4 is 17.2 Å². The van der Waals surface area contributed by atoms with E-state index in [-0.39, 0.29) is 11.9 Å². The highest BCUT2D eigenvalue weighted by molar-refractivity contribution is 7.09. The number of thiazole rings is 1. The van der Waals surface area contributed by atoms with Gasteiger partial charge in [-0.15, -0.1) is 11.3 Å². The molecule has 1 unspecified atom stereocenters. The van der Waals surface area contributed by atoms with Gasteiger partial charge in [0.25, 0.3) is 5.91 Å². The Hall–Kier alpha value is -1.73. The van der Waals surface area contributed by atoms with E-state index >= 15 is 0 Å². The zero-order chi connectivity index (χ0) is 15.9. The van der Waals surface area contributed by atoms with E-state index in [9.17, 15) is 4.79 Å². The molecule has 7 heteroatoms. The lowest BCUT2D eigenvalue weighted by Gasteiger charge is -2.24. The molecule has 1 atom stereocenters. The smallest absolute Gasteiger partial charge is 0.273 e. The van der Waals surface area contributed by atoms with Gasteiger partial charge in [0.2, 0.25) is 0 Å². The maximum absolute atomic E-state index is 12.8. The molecule has 2 aromatic rings. The van der Waals surface area contributed by atoms with Gasteiger partial charge in [0, 0.05) is 36.8 Å². The first kappa shape index (κ1) is 15.2. The molecule has 6 nitrogen and oxygen atoms in total. The van der Waals surface area contributed by atoms with Gasteiger partial charge in [0.1, 0.15) is 10.7 Å². The van der Waals surface area contributed by atoms with Crippen LogP contribution < -0.4 is 5.73 Å². The highest BCUT2D eigenvalue weighted by Crippen LogP contribution is 2.36. The normalized spacial score (nSPS) is 18.2. The van der Waals surface area contributed by atoms with Crippen LogP contribution in [0.25, 0.3) is 0 Å². The maximum atomic E-state index is 12.8. The van der Waals surface area contributed by atoms with Crippen LogP contribution in [0.4, 0.5) is 0 Å². The van der Waals surface area contributed by atoms with Gasteiger partial charge in [0.05, 0.1) is 11.7 Å². The quantitative estimate of drug-likeness (QED) is 0.938. The van der Waals surface area contributed by atoms with Crippen LogP contribution in [0.2, 0.25) is 0 Å². The summed E-state index contributed by atoms with van der Waals surface area (Å²) in [6.07, 6.45) is 1.99. The van der Waals surface area contributed by atoms with Crippen molar-refractivity contribution in [3.05, 3.63) is 33.0 Å². The van der Waals surface area contributed by atoms with E-state index in [4.69, 9.17) is 5.73 Å². The van der Waals surface area contributed by atoms with Crippen LogP contribution in [0.15, 0.2) is 5.38 Å².